The monoisotopic (exact) mass is 237 g/mol. The van der Waals surface area contributed by atoms with Crippen molar-refractivity contribution in [1.29, 1.82) is 0 Å². The SMILES string of the molecule is CCCOc1ccnc(NC(C)CC(C)C)n1. The zero-order valence-electron chi connectivity index (χ0n) is 11.2. The molecule has 0 aliphatic heterocycles. The van der Waals surface area contributed by atoms with Crippen molar-refractivity contribution in [3.8, 4) is 5.88 Å². The van der Waals surface area contributed by atoms with E-state index in [0.717, 1.165) is 12.8 Å². The summed E-state index contributed by atoms with van der Waals surface area (Å²) in [6.45, 7) is 9.33. The molecule has 1 N–H and O–H groups in total. The number of ether oxygens (including phenoxy) is 1. The molecule has 17 heavy (non-hydrogen) atoms. The first-order valence-electron chi connectivity index (χ1n) is 6.34. The van der Waals surface area contributed by atoms with Crippen LogP contribution >= 0.6 is 0 Å². The van der Waals surface area contributed by atoms with Gasteiger partial charge in [0.15, 0.2) is 0 Å². The molecule has 0 radical (unpaired) electrons. The lowest BCUT2D eigenvalue weighted by molar-refractivity contribution is 0.305. The first kappa shape index (κ1) is 13.7. The standard InChI is InChI=1S/C13H23N3O/c1-5-8-17-12-6-7-14-13(16-12)15-11(4)9-10(2)3/h6-7,10-11H,5,8-9H2,1-4H3,(H,14,15,16). The molecule has 0 saturated carbocycles. The third-order valence-corrected chi connectivity index (χ3v) is 2.28. The fourth-order valence-corrected chi connectivity index (χ4v) is 1.69. The molecule has 1 heterocycles. The summed E-state index contributed by atoms with van der Waals surface area (Å²) in [5, 5.41) is 3.29. The van der Waals surface area contributed by atoms with E-state index in [0.29, 0.717) is 30.4 Å². The molecule has 1 atom stereocenters. The molecule has 1 aromatic heterocycles. The summed E-state index contributed by atoms with van der Waals surface area (Å²) in [5.74, 6) is 1.95. The van der Waals surface area contributed by atoms with Crippen LogP contribution in [0.4, 0.5) is 5.95 Å². The Morgan fingerprint density at radius 1 is 1.35 bits per heavy atom. The molecule has 0 saturated heterocycles. The molecular weight excluding hydrogens is 214 g/mol. The van der Waals surface area contributed by atoms with E-state index in [4.69, 9.17) is 4.74 Å². The van der Waals surface area contributed by atoms with Crippen LogP contribution in [-0.2, 0) is 0 Å². The van der Waals surface area contributed by atoms with E-state index < -0.39 is 0 Å². The van der Waals surface area contributed by atoms with Crippen LogP contribution in [0.2, 0.25) is 0 Å². The topological polar surface area (TPSA) is 47.0 Å². The molecule has 0 aliphatic rings. The van der Waals surface area contributed by atoms with Gasteiger partial charge in [0, 0.05) is 18.3 Å². The Morgan fingerprint density at radius 2 is 2.12 bits per heavy atom. The van der Waals surface area contributed by atoms with Gasteiger partial charge in [-0.25, -0.2) is 4.98 Å². The average molecular weight is 237 g/mol. The summed E-state index contributed by atoms with van der Waals surface area (Å²) in [6, 6.07) is 2.16. The molecule has 0 fully saturated rings. The predicted octanol–water partition coefficient (Wildman–Crippen LogP) is 3.11. The molecule has 0 bridgehead atoms. The Morgan fingerprint density at radius 3 is 2.76 bits per heavy atom. The second kappa shape index (κ2) is 7.09. The highest BCUT2D eigenvalue weighted by molar-refractivity contribution is 5.28. The van der Waals surface area contributed by atoms with E-state index in [1.165, 1.54) is 0 Å². The largest absolute Gasteiger partial charge is 0.478 e. The van der Waals surface area contributed by atoms with Gasteiger partial charge in [0.05, 0.1) is 6.61 Å². The lowest BCUT2D eigenvalue weighted by Gasteiger charge is -2.16. The Labute approximate surface area is 104 Å². The molecule has 96 valence electrons. The smallest absolute Gasteiger partial charge is 0.226 e. The third-order valence-electron chi connectivity index (χ3n) is 2.28. The van der Waals surface area contributed by atoms with E-state index in [9.17, 15) is 0 Å². The molecule has 1 unspecified atom stereocenters. The van der Waals surface area contributed by atoms with Gasteiger partial charge in [-0.1, -0.05) is 20.8 Å². The van der Waals surface area contributed by atoms with Crippen LogP contribution in [0.3, 0.4) is 0 Å². The number of hydrogen-bond donors (Lipinski definition) is 1. The van der Waals surface area contributed by atoms with Crippen molar-refractivity contribution >= 4 is 5.95 Å². The molecule has 1 aromatic rings. The van der Waals surface area contributed by atoms with Gasteiger partial charge < -0.3 is 10.1 Å². The van der Waals surface area contributed by atoms with Crippen molar-refractivity contribution in [2.45, 2.75) is 46.6 Å². The Bertz CT molecular complexity index is 328. The summed E-state index contributed by atoms with van der Waals surface area (Å²) in [4.78, 5) is 8.51. The Hall–Kier alpha value is -1.32. The van der Waals surface area contributed by atoms with Crippen molar-refractivity contribution < 1.29 is 4.74 Å². The highest BCUT2D eigenvalue weighted by atomic mass is 16.5. The Kier molecular flexibility index (Phi) is 5.73. The van der Waals surface area contributed by atoms with E-state index in [-0.39, 0.29) is 0 Å². The van der Waals surface area contributed by atoms with Gasteiger partial charge in [-0.2, -0.15) is 4.98 Å². The van der Waals surface area contributed by atoms with Crippen LogP contribution in [-0.4, -0.2) is 22.6 Å². The fourth-order valence-electron chi connectivity index (χ4n) is 1.69. The number of anilines is 1. The normalized spacial score (nSPS) is 12.5. The van der Waals surface area contributed by atoms with E-state index in [1.807, 2.05) is 0 Å². The molecule has 0 spiro atoms. The summed E-state index contributed by atoms with van der Waals surface area (Å²) < 4.78 is 5.47. The second-order valence-corrected chi connectivity index (χ2v) is 4.74. The van der Waals surface area contributed by atoms with Crippen LogP contribution in [0.1, 0.15) is 40.5 Å². The van der Waals surface area contributed by atoms with Crippen molar-refractivity contribution in [3.05, 3.63) is 12.3 Å². The van der Waals surface area contributed by atoms with Crippen molar-refractivity contribution in [3.63, 3.8) is 0 Å². The molecular formula is C13H23N3O. The van der Waals surface area contributed by atoms with Gasteiger partial charge in [-0.05, 0) is 25.7 Å². The number of rotatable bonds is 7. The van der Waals surface area contributed by atoms with Crippen molar-refractivity contribution in [2.75, 3.05) is 11.9 Å². The van der Waals surface area contributed by atoms with Crippen LogP contribution in [0.15, 0.2) is 12.3 Å². The molecule has 1 rings (SSSR count). The van der Waals surface area contributed by atoms with Crippen LogP contribution < -0.4 is 10.1 Å². The van der Waals surface area contributed by atoms with Crippen molar-refractivity contribution in [1.82, 2.24) is 9.97 Å². The van der Waals surface area contributed by atoms with Crippen molar-refractivity contribution in [2.24, 2.45) is 5.92 Å². The van der Waals surface area contributed by atoms with E-state index in [2.05, 4.69) is 43.0 Å². The zero-order chi connectivity index (χ0) is 12.7. The first-order valence-corrected chi connectivity index (χ1v) is 6.34. The van der Waals surface area contributed by atoms with Gasteiger partial charge in [0.1, 0.15) is 0 Å². The van der Waals surface area contributed by atoms with Crippen LogP contribution in [0.5, 0.6) is 5.88 Å². The maximum atomic E-state index is 5.47. The molecule has 0 amide bonds. The lowest BCUT2D eigenvalue weighted by atomic mass is 10.1. The maximum Gasteiger partial charge on any atom is 0.226 e. The molecule has 0 aromatic carbocycles. The number of nitrogens with zero attached hydrogens (tertiary/aromatic N) is 2. The van der Waals surface area contributed by atoms with Gasteiger partial charge in [-0.15, -0.1) is 0 Å². The third kappa shape index (κ3) is 5.52. The molecule has 0 aliphatic carbocycles. The minimum Gasteiger partial charge on any atom is -0.478 e. The zero-order valence-corrected chi connectivity index (χ0v) is 11.2. The number of hydrogen-bond acceptors (Lipinski definition) is 4. The maximum absolute atomic E-state index is 5.47. The number of aromatic nitrogens is 2. The first-order chi connectivity index (χ1) is 8.11. The highest BCUT2D eigenvalue weighted by Crippen LogP contribution is 2.12. The lowest BCUT2D eigenvalue weighted by Crippen LogP contribution is -2.19. The second-order valence-electron chi connectivity index (χ2n) is 4.74. The predicted molar refractivity (Wildman–Crippen MR) is 70.4 cm³/mol. The van der Waals surface area contributed by atoms with Crippen LogP contribution in [0, 0.1) is 5.92 Å². The summed E-state index contributed by atoms with van der Waals surface area (Å²) in [5.41, 5.74) is 0. The van der Waals surface area contributed by atoms with E-state index in [1.54, 1.807) is 12.3 Å². The summed E-state index contributed by atoms with van der Waals surface area (Å²) >= 11 is 0. The van der Waals surface area contributed by atoms with Gasteiger partial charge in [0.2, 0.25) is 11.8 Å². The summed E-state index contributed by atoms with van der Waals surface area (Å²) in [7, 11) is 0. The van der Waals surface area contributed by atoms with Gasteiger partial charge in [0.25, 0.3) is 0 Å². The summed E-state index contributed by atoms with van der Waals surface area (Å²) in [6.07, 6.45) is 3.81. The minimum absolute atomic E-state index is 0.372. The van der Waals surface area contributed by atoms with Crippen LogP contribution in [0.25, 0.3) is 0 Å². The minimum atomic E-state index is 0.372. The average Bonchev–Trinajstić information content (AvgIpc) is 2.25. The molecule has 4 heteroatoms. The van der Waals surface area contributed by atoms with Gasteiger partial charge >= 0.3 is 0 Å². The molecule has 4 nitrogen and oxygen atoms in total. The fraction of sp³-hybridized carbons (Fsp3) is 0.692. The van der Waals surface area contributed by atoms with Gasteiger partial charge in [-0.3, -0.25) is 0 Å². The Balaban J connectivity index is 2.52. The highest BCUT2D eigenvalue weighted by Gasteiger charge is 2.07. The quantitative estimate of drug-likeness (QED) is 0.791. The number of nitrogens with one attached hydrogen (secondary N) is 1. The van der Waals surface area contributed by atoms with E-state index >= 15 is 0 Å².